The molecule has 0 spiro atoms. The largest absolute Gasteiger partial charge is 0.478 e. The van der Waals surface area contributed by atoms with Gasteiger partial charge in [-0.3, -0.25) is 4.79 Å². The third kappa shape index (κ3) is 3.44. The van der Waals surface area contributed by atoms with E-state index in [1.54, 1.807) is 25.1 Å². The lowest BCUT2D eigenvalue weighted by Gasteiger charge is -2.18. The molecule has 0 aliphatic heterocycles. The molecule has 0 saturated carbocycles. The Bertz CT molecular complexity index is 460. The first-order valence-corrected chi connectivity index (χ1v) is 5.64. The average molecular weight is 251 g/mol. The van der Waals surface area contributed by atoms with Crippen molar-refractivity contribution in [3.8, 4) is 0 Å². The summed E-state index contributed by atoms with van der Waals surface area (Å²) >= 11 is 0. The SMILES string of the molecule is CCc1cc(C(=O)O)cc(N(C)CC(=O)NC)n1. The van der Waals surface area contributed by atoms with Crippen LogP contribution in [0.1, 0.15) is 23.0 Å². The van der Waals surface area contributed by atoms with E-state index in [1.165, 1.54) is 6.07 Å². The van der Waals surface area contributed by atoms with Crippen LogP contribution in [0.3, 0.4) is 0 Å². The maximum absolute atomic E-state index is 11.3. The normalized spacial score (nSPS) is 9.94. The lowest BCUT2D eigenvalue weighted by molar-refractivity contribution is -0.119. The molecule has 1 heterocycles. The molecule has 0 fully saturated rings. The number of aromatic carboxylic acids is 1. The summed E-state index contributed by atoms with van der Waals surface area (Å²) < 4.78 is 0. The molecule has 0 aliphatic carbocycles. The molecule has 1 amide bonds. The van der Waals surface area contributed by atoms with E-state index in [4.69, 9.17) is 5.11 Å². The monoisotopic (exact) mass is 251 g/mol. The van der Waals surface area contributed by atoms with Crippen molar-refractivity contribution < 1.29 is 14.7 Å². The number of hydrogen-bond donors (Lipinski definition) is 2. The molecule has 6 nitrogen and oxygen atoms in total. The highest BCUT2D eigenvalue weighted by molar-refractivity contribution is 5.89. The number of amides is 1. The van der Waals surface area contributed by atoms with Crippen LogP contribution >= 0.6 is 0 Å². The van der Waals surface area contributed by atoms with Gasteiger partial charge in [0.05, 0.1) is 12.1 Å². The Morgan fingerprint density at radius 3 is 2.61 bits per heavy atom. The number of rotatable bonds is 5. The summed E-state index contributed by atoms with van der Waals surface area (Å²) in [6.07, 6.45) is 0.641. The van der Waals surface area contributed by atoms with Crippen molar-refractivity contribution in [3.63, 3.8) is 0 Å². The number of nitrogens with zero attached hydrogens (tertiary/aromatic N) is 2. The Balaban J connectivity index is 3.03. The molecule has 0 aliphatic rings. The van der Waals surface area contributed by atoms with Gasteiger partial charge in [-0.25, -0.2) is 9.78 Å². The van der Waals surface area contributed by atoms with E-state index < -0.39 is 5.97 Å². The number of nitrogens with one attached hydrogen (secondary N) is 1. The summed E-state index contributed by atoms with van der Waals surface area (Å²) in [5, 5.41) is 11.5. The minimum atomic E-state index is -0.998. The van der Waals surface area contributed by atoms with E-state index in [0.717, 1.165) is 0 Å². The average Bonchev–Trinajstić information content (AvgIpc) is 2.37. The second-order valence-corrected chi connectivity index (χ2v) is 3.89. The fourth-order valence-electron chi connectivity index (χ4n) is 1.45. The van der Waals surface area contributed by atoms with Crippen LogP contribution in [0, 0.1) is 0 Å². The molecule has 0 atom stereocenters. The smallest absolute Gasteiger partial charge is 0.335 e. The summed E-state index contributed by atoms with van der Waals surface area (Å²) in [6.45, 7) is 2.03. The van der Waals surface area contributed by atoms with Gasteiger partial charge in [0.15, 0.2) is 0 Å². The Labute approximate surface area is 106 Å². The molecule has 1 rings (SSSR count). The first kappa shape index (κ1) is 14.0. The second-order valence-electron chi connectivity index (χ2n) is 3.89. The first-order chi connectivity index (χ1) is 8.47. The Kier molecular flexibility index (Phi) is 4.65. The van der Waals surface area contributed by atoms with Crippen molar-refractivity contribution in [1.29, 1.82) is 0 Å². The molecule has 2 N–H and O–H groups in total. The zero-order valence-electron chi connectivity index (χ0n) is 10.7. The van der Waals surface area contributed by atoms with Gasteiger partial charge in [0.2, 0.25) is 5.91 Å². The topological polar surface area (TPSA) is 82.5 Å². The van der Waals surface area contributed by atoms with Crippen LogP contribution in [0.2, 0.25) is 0 Å². The van der Waals surface area contributed by atoms with Crippen molar-refractivity contribution >= 4 is 17.7 Å². The number of aromatic nitrogens is 1. The third-order valence-electron chi connectivity index (χ3n) is 2.52. The highest BCUT2D eigenvalue weighted by Gasteiger charge is 2.12. The predicted molar refractivity (Wildman–Crippen MR) is 67.9 cm³/mol. The molecular formula is C12H17N3O3. The van der Waals surface area contributed by atoms with Crippen LogP contribution in [-0.4, -0.2) is 42.6 Å². The van der Waals surface area contributed by atoms with E-state index in [1.807, 2.05) is 6.92 Å². The molecule has 0 saturated heterocycles. The van der Waals surface area contributed by atoms with Crippen molar-refractivity contribution in [2.24, 2.45) is 0 Å². The molecule has 0 unspecified atom stereocenters. The Morgan fingerprint density at radius 1 is 1.44 bits per heavy atom. The number of carbonyl (C=O) groups is 2. The van der Waals surface area contributed by atoms with E-state index in [0.29, 0.717) is 17.9 Å². The van der Waals surface area contributed by atoms with E-state index in [2.05, 4.69) is 10.3 Å². The molecule has 98 valence electrons. The highest BCUT2D eigenvalue weighted by atomic mass is 16.4. The summed E-state index contributed by atoms with van der Waals surface area (Å²) in [4.78, 5) is 28.2. The number of anilines is 1. The number of hydrogen-bond acceptors (Lipinski definition) is 4. The van der Waals surface area contributed by atoms with Crippen LogP contribution in [0.4, 0.5) is 5.82 Å². The standard InChI is InChI=1S/C12H17N3O3/c1-4-9-5-8(12(17)18)6-10(14-9)15(3)7-11(16)13-2/h5-6H,4,7H2,1-3H3,(H,13,16)(H,17,18). The van der Waals surface area contributed by atoms with Crippen molar-refractivity contribution in [3.05, 3.63) is 23.4 Å². The molecule has 1 aromatic rings. The zero-order valence-corrected chi connectivity index (χ0v) is 10.7. The lowest BCUT2D eigenvalue weighted by Crippen LogP contribution is -2.33. The molecule has 0 radical (unpaired) electrons. The minimum Gasteiger partial charge on any atom is -0.478 e. The lowest BCUT2D eigenvalue weighted by atomic mass is 10.2. The van der Waals surface area contributed by atoms with Gasteiger partial charge in [-0.05, 0) is 18.6 Å². The van der Waals surface area contributed by atoms with E-state index >= 15 is 0 Å². The van der Waals surface area contributed by atoms with Crippen LogP contribution in [0.25, 0.3) is 0 Å². The molecular weight excluding hydrogens is 234 g/mol. The van der Waals surface area contributed by atoms with Gasteiger partial charge in [0.25, 0.3) is 0 Å². The van der Waals surface area contributed by atoms with Crippen LogP contribution in [-0.2, 0) is 11.2 Å². The number of carboxylic acid groups (broad SMARTS) is 1. The van der Waals surface area contributed by atoms with Crippen molar-refractivity contribution in [2.75, 3.05) is 25.5 Å². The maximum Gasteiger partial charge on any atom is 0.335 e. The van der Waals surface area contributed by atoms with Crippen molar-refractivity contribution in [2.45, 2.75) is 13.3 Å². The van der Waals surface area contributed by atoms with Crippen LogP contribution < -0.4 is 10.2 Å². The fraction of sp³-hybridized carbons (Fsp3) is 0.417. The van der Waals surface area contributed by atoms with Gasteiger partial charge in [-0.1, -0.05) is 6.92 Å². The van der Waals surface area contributed by atoms with Crippen molar-refractivity contribution in [1.82, 2.24) is 10.3 Å². The van der Waals surface area contributed by atoms with E-state index in [-0.39, 0.29) is 18.0 Å². The second kappa shape index (κ2) is 6.00. The number of likely N-dealkylation sites (N-methyl/N-ethyl adjacent to an activating group) is 2. The number of pyridine rings is 1. The van der Waals surface area contributed by atoms with Crippen LogP contribution in [0.5, 0.6) is 0 Å². The summed E-state index contributed by atoms with van der Waals surface area (Å²) in [5.74, 6) is -0.671. The van der Waals surface area contributed by atoms with Crippen LogP contribution in [0.15, 0.2) is 12.1 Å². The molecule has 0 aromatic carbocycles. The molecule has 0 bridgehead atoms. The zero-order chi connectivity index (χ0) is 13.7. The summed E-state index contributed by atoms with van der Waals surface area (Å²) in [6, 6.07) is 3.00. The summed E-state index contributed by atoms with van der Waals surface area (Å²) in [7, 11) is 3.25. The van der Waals surface area contributed by atoms with Gasteiger partial charge in [0, 0.05) is 19.8 Å². The summed E-state index contributed by atoms with van der Waals surface area (Å²) in [5.41, 5.74) is 0.870. The Morgan fingerprint density at radius 2 is 2.11 bits per heavy atom. The highest BCUT2D eigenvalue weighted by Crippen LogP contribution is 2.14. The van der Waals surface area contributed by atoms with Gasteiger partial charge in [-0.2, -0.15) is 0 Å². The molecule has 6 heteroatoms. The first-order valence-electron chi connectivity index (χ1n) is 5.64. The third-order valence-corrected chi connectivity index (χ3v) is 2.52. The quantitative estimate of drug-likeness (QED) is 0.797. The Hall–Kier alpha value is -2.11. The minimum absolute atomic E-state index is 0.135. The number of carboxylic acids is 1. The maximum atomic E-state index is 11.3. The number of aryl methyl sites for hydroxylation is 1. The van der Waals surface area contributed by atoms with E-state index in [9.17, 15) is 9.59 Å². The van der Waals surface area contributed by atoms with Gasteiger partial charge in [-0.15, -0.1) is 0 Å². The molecule has 1 aromatic heterocycles. The van der Waals surface area contributed by atoms with Gasteiger partial charge < -0.3 is 15.3 Å². The number of carbonyl (C=O) groups excluding carboxylic acids is 1. The van der Waals surface area contributed by atoms with Gasteiger partial charge in [0.1, 0.15) is 5.82 Å². The predicted octanol–water partition coefficient (Wildman–Crippen LogP) is 0.524. The fourth-order valence-corrected chi connectivity index (χ4v) is 1.45. The molecule has 18 heavy (non-hydrogen) atoms. The van der Waals surface area contributed by atoms with Gasteiger partial charge >= 0.3 is 5.97 Å².